The fraction of sp³-hybridized carbons (Fsp3) is 0.400. The first kappa shape index (κ1) is 16.6. The highest BCUT2D eigenvalue weighted by molar-refractivity contribution is 5.83. The number of nitrogens with zero attached hydrogens (tertiary/aromatic N) is 4. The zero-order valence-corrected chi connectivity index (χ0v) is 13.7. The molecule has 0 unspecified atom stereocenters. The number of piperazine rings is 1. The van der Waals surface area contributed by atoms with Gasteiger partial charge in [0.25, 0.3) is 5.56 Å². The van der Waals surface area contributed by atoms with E-state index in [-0.39, 0.29) is 22.4 Å². The van der Waals surface area contributed by atoms with E-state index >= 15 is 0 Å². The first-order valence-electron chi connectivity index (χ1n) is 7.93. The lowest BCUT2D eigenvalue weighted by Gasteiger charge is -2.35. The molecule has 2 aromatic heterocycles. The van der Waals surface area contributed by atoms with Crippen molar-refractivity contribution in [2.75, 3.05) is 38.1 Å². The van der Waals surface area contributed by atoms with E-state index in [0.29, 0.717) is 26.2 Å². The predicted octanol–water partition coefficient (Wildman–Crippen LogP) is 0.635. The van der Waals surface area contributed by atoms with Crippen molar-refractivity contribution in [2.24, 2.45) is 0 Å². The van der Waals surface area contributed by atoms with Gasteiger partial charge in [-0.15, -0.1) is 5.10 Å². The quantitative estimate of drug-likeness (QED) is 0.658. The van der Waals surface area contributed by atoms with E-state index in [2.05, 4.69) is 15.2 Å². The van der Waals surface area contributed by atoms with Crippen LogP contribution in [0.5, 0.6) is 0 Å². The topological polar surface area (TPSA) is 89.5 Å². The largest absolute Gasteiger partial charge is 0.418 e. The zero-order valence-electron chi connectivity index (χ0n) is 13.7. The molecule has 4 rings (SSSR count). The number of anilines is 1. The number of hydrogen-bond donors (Lipinski definition) is 2. The highest BCUT2D eigenvalue weighted by Gasteiger charge is 2.36. The monoisotopic (exact) mass is 368 g/mol. The van der Waals surface area contributed by atoms with E-state index in [4.69, 9.17) is 0 Å². The summed E-state index contributed by atoms with van der Waals surface area (Å²) in [5.41, 5.74) is -2.37. The van der Waals surface area contributed by atoms with Crippen LogP contribution in [0.2, 0.25) is 0 Å². The third-order valence-electron chi connectivity index (χ3n) is 4.63. The Labute approximate surface area is 143 Å². The number of halogens is 3. The third kappa shape index (κ3) is 2.55. The van der Waals surface area contributed by atoms with E-state index < -0.39 is 23.0 Å². The van der Waals surface area contributed by atoms with Crippen molar-refractivity contribution in [3.8, 4) is 0 Å². The highest BCUT2D eigenvalue weighted by atomic mass is 19.4. The zero-order chi connectivity index (χ0) is 18.6. The molecule has 0 amide bonds. The standard InChI is InChI=1S/C15H15F3N6O2/c1-22-2-4-23(5-3-22)10-7-11-9(6-8(10)15(16,17)18)19-13(25)12-20-21-14(26)24(11)12/h6-7H,2-5H2,1H3,(H,19,25)(H,21,26). The van der Waals surface area contributed by atoms with E-state index in [0.717, 1.165) is 10.5 Å². The minimum atomic E-state index is -4.60. The molecule has 3 aromatic rings. The average Bonchev–Trinajstić information content (AvgIpc) is 2.97. The Morgan fingerprint density at radius 1 is 1.12 bits per heavy atom. The Balaban J connectivity index is 2.03. The maximum atomic E-state index is 13.6. The second kappa shape index (κ2) is 5.59. The van der Waals surface area contributed by atoms with Gasteiger partial charge in [-0.05, 0) is 19.2 Å². The number of H-pyrrole nitrogens is 2. The highest BCUT2D eigenvalue weighted by Crippen LogP contribution is 2.38. The van der Waals surface area contributed by atoms with Gasteiger partial charge in [0.2, 0.25) is 5.65 Å². The Kier molecular flexibility index (Phi) is 3.58. The number of fused-ring (bicyclic) bond motifs is 3. The van der Waals surface area contributed by atoms with Crippen LogP contribution in [-0.2, 0) is 6.18 Å². The molecule has 1 aliphatic rings. The molecular weight excluding hydrogens is 353 g/mol. The van der Waals surface area contributed by atoms with Gasteiger partial charge in [0.15, 0.2) is 0 Å². The van der Waals surface area contributed by atoms with E-state index in [1.165, 1.54) is 6.07 Å². The van der Waals surface area contributed by atoms with Crippen molar-refractivity contribution in [1.29, 1.82) is 0 Å². The number of alkyl halides is 3. The Bertz CT molecular complexity index is 1100. The van der Waals surface area contributed by atoms with Gasteiger partial charge in [0, 0.05) is 26.2 Å². The Morgan fingerprint density at radius 3 is 2.46 bits per heavy atom. The normalized spacial score (nSPS) is 16.7. The Hall–Kier alpha value is -2.82. The Morgan fingerprint density at radius 2 is 1.81 bits per heavy atom. The SMILES string of the molecule is CN1CCN(c2cc3c(cc2C(F)(F)F)[nH]c(=O)c2n[nH]c(=O)n23)CC1. The number of likely N-dealkylation sites (N-methyl/N-ethyl adjacent to an activating group) is 1. The second-order valence-corrected chi connectivity index (χ2v) is 6.32. The number of nitrogens with one attached hydrogen (secondary N) is 2. The molecule has 8 nitrogen and oxygen atoms in total. The van der Waals surface area contributed by atoms with Gasteiger partial charge in [-0.1, -0.05) is 0 Å². The molecule has 0 saturated carbocycles. The van der Waals surface area contributed by atoms with Crippen LogP contribution in [0.15, 0.2) is 21.7 Å². The first-order chi connectivity index (χ1) is 12.3. The van der Waals surface area contributed by atoms with E-state index in [1.54, 1.807) is 4.90 Å². The molecule has 138 valence electrons. The van der Waals surface area contributed by atoms with Crippen molar-refractivity contribution in [3.05, 3.63) is 38.5 Å². The van der Waals surface area contributed by atoms with Crippen LogP contribution >= 0.6 is 0 Å². The van der Waals surface area contributed by atoms with Crippen molar-refractivity contribution >= 4 is 22.4 Å². The van der Waals surface area contributed by atoms with Gasteiger partial charge < -0.3 is 14.8 Å². The lowest BCUT2D eigenvalue weighted by Crippen LogP contribution is -2.45. The molecule has 0 radical (unpaired) electrons. The summed E-state index contributed by atoms with van der Waals surface area (Å²) in [5.74, 6) is 0. The number of aromatic nitrogens is 4. The summed E-state index contributed by atoms with van der Waals surface area (Å²) < 4.78 is 41.9. The van der Waals surface area contributed by atoms with Crippen LogP contribution in [0.25, 0.3) is 16.7 Å². The molecule has 1 aromatic carbocycles. The van der Waals surface area contributed by atoms with Crippen molar-refractivity contribution in [1.82, 2.24) is 24.5 Å². The average molecular weight is 368 g/mol. The lowest BCUT2D eigenvalue weighted by atomic mass is 10.1. The molecule has 0 atom stereocenters. The van der Waals surface area contributed by atoms with Crippen LogP contribution in [-0.4, -0.2) is 57.7 Å². The molecule has 3 heterocycles. The van der Waals surface area contributed by atoms with E-state index in [9.17, 15) is 22.8 Å². The second-order valence-electron chi connectivity index (χ2n) is 6.32. The van der Waals surface area contributed by atoms with Crippen molar-refractivity contribution in [2.45, 2.75) is 6.18 Å². The molecule has 0 aliphatic carbocycles. The van der Waals surface area contributed by atoms with Gasteiger partial charge in [-0.3, -0.25) is 4.79 Å². The summed E-state index contributed by atoms with van der Waals surface area (Å²) in [6, 6.07) is 2.17. The third-order valence-corrected chi connectivity index (χ3v) is 4.63. The fourth-order valence-electron chi connectivity index (χ4n) is 3.25. The van der Waals surface area contributed by atoms with Crippen LogP contribution in [0.3, 0.4) is 0 Å². The molecule has 1 aliphatic heterocycles. The molecule has 11 heteroatoms. The number of rotatable bonds is 1. The molecule has 26 heavy (non-hydrogen) atoms. The minimum absolute atomic E-state index is 0.0143. The summed E-state index contributed by atoms with van der Waals surface area (Å²) in [6.07, 6.45) is -4.60. The number of benzene rings is 1. The summed E-state index contributed by atoms with van der Waals surface area (Å²) in [4.78, 5) is 30.0. The molecule has 1 saturated heterocycles. The van der Waals surface area contributed by atoms with E-state index in [1.807, 2.05) is 11.9 Å². The molecule has 0 spiro atoms. The maximum Gasteiger partial charge on any atom is 0.418 e. The van der Waals surface area contributed by atoms with Crippen LogP contribution in [0.1, 0.15) is 5.56 Å². The minimum Gasteiger partial charge on any atom is -0.368 e. The van der Waals surface area contributed by atoms with Gasteiger partial charge in [0.05, 0.1) is 22.3 Å². The lowest BCUT2D eigenvalue weighted by molar-refractivity contribution is -0.137. The number of aromatic amines is 2. The van der Waals surface area contributed by atoms with Crippen LogP contribution in [0.4, 0.5) is 18.9 Å². The van der Waals surface area contributed by atoms with Crippen molar-refractivity contribution in [3.63, 3.8) is 0 Å². The summed E-state index contributed by atoms with van der Waals surface area (Å²) in [6.45, 7) is 2.11. The van der Waals surface area contributed by atoms with Gasteiger partial charge >= 0.3 is 11.9 Å². The summed E-state index contributed by atoms with van der Waals surface area (Å²) in [5, 5.41) is 5.78. The van der Waals surface area contributed by atoms with Gasteiger partial charge in [0.1, 0.15) is 0 Å². The molecule has 2 N–H and O–H groups in total. The fourth-order valence-corrected chi connectivity index (χ4v) is 3.25. The molecular formula is C15H15F3N6O2. The smallest absolute Gasteiger partial charge is 0.368 e. The van der Waals surface area contributed by atoms with Gasteiger partial charge in [-0.25, -0.2) is 14.3 Å². The van der Waals surface area contributed by atoms with Gasteiger partial charge in [-0.2, -0.15) is 13.2 Å². The molecule has 1 fully saturated rings. The summed E-state index contributed by atoms with van der Waals surface area (Å²) >= 11 is 0. The summed E-state index contributed by atoms with van der Waals surface area (Å²) in [7, 11) is 1.90. The predicted molar refractivity (Wildman–Crippen MR) is 88.7 cm³/mol. The number of hydrogen-bond acceptors (Lipinski definition) is 5. The first-order valence-corrected chi connectivity index (χ1v) is 7.93. The maximum absolute atomic E-state index is 13.6. The van der Waals surface area contributed by atoms with Crippen LogP contribution in [0, 0.1) is 0 Å². The van der Waals surface area contributed by atoms with Crippen LogP contribution < -0.4 is 16.1 Å². The molecule has 0 bridgehead atoms. The van der Waals surface area contributed by atoms with Crippen molar-refractivity contribution < 1.29 is 13.2 Å².